The number of nitrogens with zero attached hydrogens (tertiary/aromatic N) is 1. The third-order valence-electron chi connectivity index (χ3n) is 2.48. The Hall–Kier alpha value is -1.06. The summed E-state index contributed by atoms with van der Waals surface area (Å²) in [5, 5.41) is 0. The summed E-state index contributed by atoms with van der Waals surface area (Å²) in [6.07, 6.45) is 0.976. The summed E-state index contributed by atoms with van der Waals surface area (Å²) < 4.78 is 5.35. The fourth-order valence-corrected chi connectivity index (χ4v) is 1.61. The SMILES string of the molecule is COc1cccc(CN)c1CCN(C)C. The normalized spacial score (nSPS) is 10.7. The molecule has 0 aliphatic carbocycles. The highest BCUT2D eigenvalue weighted by molar-refractivity contribution is 5.40. The lowest BCUT2D eigenvalue weighted by atomic mass is 10.0. The molecule has 0 fully saturated rings. The number of hydrogen-bond donors (Lipinski definition) is 1. The molecule has 0 aromatic heterocycles. The minimum absolute atomic E-state index is 0.569. The first-order valence-electron chi connectivity index (χ1n) is 5.18. The van der Waals surface area contributed by atoms with E-state index in [0.717, 1.165) is 18.7 Å². The van der Waals surface area contributed by atoms with Gasteiger partial charge in [-0.3, -0.25) is 0 Å². The Morgan fingerprint density at radius 3 is 2.60 bits per heavy atom. The van der Waals surface area contributed by atoms with Crippen molar-refractivity contribution in [2.75, 3.05) is 27.7 Å². The van der Waals surface area contributed by atoms with E-state index in [9.17, 15) is 0 Å². The first-order valence-corrected chi connectivity index (χ1v) is 5.18. The molecular formula is C12H20N2O. The molecule has 1 rings (SSSR count). The number of benzene rings is 1. The molecule has 1 aromatic carbocycles. The Morgan fingerprint density at radius 2 is 2.07 bits per heavy atom. The van der Waals surface area contributed by atoms with Gasteiger partial charge in [0.15, 0.2) is 0 Å². The first kappa shape index (κ1) is 12.0. The summed E-state index contributed by atoms with van der Waals surface area (Å²) in [5.41, 5.74) is 8.12. The van der Waals surface area contributed by atoms with E-state index in [1.165, 1.54) is 11.1 Å². The van der Waals surface area contributed by atoms with Gasteiger partial charge in [-0.05, 0) is 37.7 Å². The monoisotopic (exact) mass is 208 g/mol. The van der Waals surface area contributed by atoms with Gasteiger partial charge < -0.3 is 15.4 Å². The molecule has 3 heteroatoms. The zero-order valence-corrected chi connectivity index (χ0v) is 9.79. The van der Waals surface area contributed by atoms with Gasteiger partial charge in [0, 0.05) is 13.1 Å². The summed E-state index contributed by atoms with van der Waals surface area (Å²) >= 11 is 0. The molecule has 84 valence electrons. The molecule has 0 heterocycles. The smallest absolute Gasteiger partial charge is 0.122 e. The fraction of sp³-hybridized carbons (Fsp3) is 0.500. The Morgan fingerprint density at radius 1 is 1.33 bits per heavy atom. The minimum atomic E-state index is 0.569. The van der Waals surface area contributed by atoms with Crippen molar-refractivity contribution < 1.29 is 4.74 Å². The number of rotatable bonds is 5. The molecule has 0 atom stereocenters. The van der Waals surface area contributed by atoms with Crippen LogP contribution < -0.4 is 10.5 Å². The lowest BCUT2D eigenvalue weighted by Gasteiger charge is -2.15. The third kappa shape index (κ3) is 3.22. The Balaban J connectivity index is 2.89. The van der Waals surface area contributed by atoms with Gasteiger partial charge >= 0.3 is 0 Å². The zero-order chi connectivity index (χ0) is 11.3. The number of hydrogen-bond acceptors (Lipinski definition) is 3. The molecule has 0 saturated carbocycles. The Bertz CT molecular complexity index is 288. The van der Waals surface area contributed by atoms with Crippen LogP contribution in [-0.2, 0) is 13.0 Å². The number of likely N-dealkylation sites (N-methyl/N-ethyl adjacent to an activating group) is 1. The molecule has 0 saturated heterocycles. The van der Waals surface area contributed by atoms with Gasteiger partial charge in [-0.15, -0.1) is 0 Å². The standard InChI is InChI=1S/C12H20N2O/c1-14(2)8-7-11-10(9-13)5-4-6-12(11)15-3/h4-6H,7-9,13H2,1-3H3. The highest BCUT2D eigenvalue weighted by Crippen LogP contribution is 2.22. The second kappa shape index (κ2) is 5.73. The fourth-order valence-electron chi connectivity index (χ4n) is 1.61. The average molecular weight is 208 g/mol. The van der Waals surface area contributed by atoms with Crippen LogP contribution in [0.1, 0.15) is 11.1 Å². The number of ether oxygens (including phenoxy) is 1. The third-order valence-corrected chi connectivity index (χ3v) is 2.48. The molecule has 0 spiro atoms. The molecule has 0 aliphatic rings. The lowest BCUT2D eigenvalue weighted by Crippen LogP contribution is -2.16. The van der Waals surface area contributed by atoms with Crippen LogP contribution in [0.15, 0.2) is 18.2 Å². The molecule has 0 radical (unpaired) electrons. The molecule has 2 N–H and O–H groups in total. The van der Waals surface area contributed by atoms with Gasteiger partial charge in [-0.25, -0.2) is 0 Å². The molecule has 1 aromatic rings. The van der Waals surface area contributed by atoms with Crippen molar-refractivity contribution in [1.29, 1.82) is 0 Å². The van der Waals surface area contributed by atoms with Gasteiger partial charge in [0.25, 0.3) is 0 Å². The van der Waals surface area contributed by atoms with Crippen molar-refractivity contribution in [3.63, 3.8) is 0 Å². The van der Waals surface area contributed by atoms with Crippen LogP contribution in [0, 0.1) is 0 Å². The van der Waals surface area contributed by atoms with Crippen LogP contribution in [0.3, 0.4) is 0 Å². The van der Waals surface area contributed by atoms with Gasteiger partial charge in [-0.1, -0.05) is 12.1 Å². The molecule has 0 unspecified atom stereocenters. The van der Waals surface area contributed by atoms with E-state index in [1.807, 2.05) is 12.1 Å². The van der Waals surface area contributed by atoms with Crippen LogP contribution in [-0.4, -0.2) is 32.6 Å². The summed E-state index contributed by atoms with van der Waals surface area (Å²) in [4.78, 5) is 2.16. The highest BCUT2D eigenvalue weighted by Gasteiger charge is 2.07. The first-order chi connectivity index (χ1) is 7.19. The molecule has 3 nitrogen and oxygen atoms in total. The number of nitrogens with two attached hydrogens (primary N) is 1. The van der Waals surface area contributed by atoms with E-state index in [1.54, 1.807) is 7.11 Å². The van der Waals surface area contributed by atoms with E-state index in [0.29, 0.717) is 6.54 Å². The summed E-state index contributed by atoms with van der Waals surface area (Å²) in [5.74, 6) is 0.944. The minimum Gasteiger partial charge on any atom is -0.496 e. The van der Waals surface area contributed by atoms with Crippen molar-refractivity contribution in [2.45, 2.75) is 13.0 Å². The largest absolute Gasteiger partial charge is 0.496 e. The van der Waals surface area contributed by atoms with Crippen LogP contribution in [0.2, 0.25) is 0 Å². The topological polar surface area (TPSA) is 38.5 Å². The summed E-state index contributed by atoms with van der Waals surface area (Å²) in [6.45, 7) is 1.58. The van der Waals surface area contributed by atoms with Gasteiger partial charge in [0.1, 0.15) is 5.75 Å². The van der Waals surface area contributed by atoms with Gasteiger partial charge in [0.05, 0.1) is 7.11 Å². The van der Waals surface area contributed by atoms with E-state index >= 15 is 0 Å². The maximum atomic E-state index is 5.71. The maximum absolute atomic E-state index is 5.71. The van der Waals surface area contributed by atoms with E-state index in [4.69, 9.17) is 10.5 Å². The quantitative estimate of drug-likeness (QED) is 0.791. The molecule has 15 heavy (non-hydrogen) atoms. The molecule has 0 amide bonds. The van der Waals surface area contributed by atoms with E-state index in [2.05, 4.69) is 25.1 Å². The predicted molar refractivity (Wildman–Crippen MR) is 63.1 cm³/mol. The zero-order valence-electron chi connectivity index (χ0n) is 9.79. The second-order valence-corrected chi connectivity index (χ2v) is 3.86. The van der Waals surface area contributed by atoms with Gasteiger partial charge in [0.2, 0.25) is 0 Å². The summed E-state index contributed by atoms with van der Waals surface area (Å²) in [7, 11) is 5.84. The highest BCUT2D eigenvalue weighted by atomic mass is 16.5. The van der Waals surface area contributed by atoms with Gasteiger partial charge in [-0.2, -0.15) is 0 Å². The number of methoxy groups -OCH3 is 1. The van der Waals surface area contributed by atoms with Crippen molar-refractivity contribution in [1.82, 2.24) is 4.90 Å². The predicted octanol–water partition coefficient (Wildman–Crippen LogP) is 1.26. The van der Waals surface area contributed by atoms with Crippen LogP contribution >= 0.6 is 0 Å². The Kier molecular flexibility index (Phi) is 4.59. The molecule has 0 bridgehead atoms. The Labute approximate surface area is 91.8 Å². The molecular weight excluding hydrogens is 188 g/mol. The van der Waals surface area contributed by atoms with Crippen LogP contribution in [0.4, 0.5) is 0 Å². The van der Waals surface area contributed by atoms with Crippen LogP contribution in [0.5, 0.6) is 5.75 Å². The van der Waals surface area contributed by atoms with Crippen molar-refractivity contribution in [3.8, 4) is 5.75 Å². The second-order valence-electron chi connectivity index (χ2n) is 3.86. The van der Waals surface area contributed by atoms with E-state index < -0.39 is 0 Å². The van der Waals surface area contributed by atoms with Crippen LogP contribution in [0.25, 0.3) is 0 Å². The average Bonchev–Trinajstić information content (AvgIpc) is 2.25. The maximum Gasteiger partial charge on any atom is 0.122 e. The van der Waals surface area contributed by atoms with Crippen molar-refractivity contribution in [3.05, 3.63) is 29.3 Å². The summed E-state index contributed by atoms with van der Waals surface area (Å²) in [6, 6.07) is 6.04. The lowest BCUT2D eigenvalue weighted by molar-refractivity contribution is 0.391. The van der Waals surface area contributed by atoms with Crippen molar-refractivity contribution >= 4 is 0 Å². The van der Waals surface area contributed by atoms with Crippen molar-refractivity contribution in [2.24, 2.45) is 5.73 Å². The van der Waals surface area contributed by atoms with E-state index in [-0.39, 0.29) is 0 Å². The molecule has 0 aliphatic heterocycles.